The zero-order chi connectivity index (χ0) is 14.3. The largest absolute Gasteiger partial charge is 0.377 e. The number of nitrogens with one attached hydrogen (secondary N) is 1. The molecule has 0 fully saturated rings. The van der Waals surface area contributed by atoms with Crippen LogP contribution in [0.2, 0.25) is 0 Å². The Morgan fingerprint density at radius 3 is 2.32 bits per heavy atom. The Morgan fingerprint density at radius 1 is 1.16 bits per heavy atom. The summed E-state index contributed by atoms with van der Waals surface area (Å²) in [5.41, 5.74) is 1.42. The van der Waals surface area contributed by atoms with Crippen LogP contribution in [0.1, 0.15) is 46.6 Å². The first-order valence-electron chi connectivity index (χ1n) is 7.39. The van der Waals surface area contributed by atoms with Crippen LogP contribution in [0.15, 0.2) is 30.3 Å². The van der Waals surface area contributed by atoms with E-state index in [-0.39, 0.29) is 11.5 Å². The number of hydrogen-bond donors (Lipinski definition) is 1. The van der Waals surface area contributed by atoms with Crippen LogP contribution in [0.5, 0.6) is 0 Å². The number of ether oxygens (including phenoxy) is 1. The summed E-state index contributed by atoms with van der Waals surface area (Å²) in [6, 6.07) is 11.0. The van der Waals surface area contributed by atoms with Gasteiger partial charge in [0.25, 0.3) is 0 Å². The van der Waals surface area contributed by atoms with E-state index >= 15 is 0 Å². The van der Waals surface area contributed by atoms with Gasteiger partial charge in [0, 0.05) is 11.5 Å². The van der Waals surface area contributed by atoms with Gasteiger partial charge in [-0.3, -0.25) is 0 Å². The number of benzene rings is 1. The molecule has 1 rings (SSSR count). The Kier molecular flexibility index (Phi) is 6.53. The van der Waals surface area contributed by atoms with Crippen molar-refractivity contribution in [3.8, 4) is 0 Å². The lowest BCUT2D eigenvalue weighted by atomic mass is 9.78. The summed E-state index contributed by atoms with van der Waals surface area (Å²) in [5, 5.41) is 3.64. The quantitative estimate of drug-likeness (QED) is 0.771. The van der Waals surface area contributed by atoms with E-state index in [1.54, 1.807) is 0 Å². The fraction of sp³-hybridized carbons (Fsp3) is 0.647. The molecule has 0 aromatic heterocycles. The molecule has 0 radical (unpaired) electrons. The molecule has 0 aliphatic carbocycles. The Hall–Kier alpha value is -0.860. The molecule has 0 amide bonds. The number of rotatable bonds is 8. The minimum Gasteiger partial charge on any atom is -0.377 e. The first kappa shape index (κ1) is 16.2. The van der Waals surface area contributed by atoms with Crippen molar-refractivity contribution in [2.75, 3.05) is 13.2 Å². The highest BCUT2D eigenvalue weighted by molar-refractivity contribution is 5.25. The van der Waals surface area contributed by atoms with E-state index in [1.807, 2.05) is 0 Å². The SMILES string of the molecule is CCCNC(COC(C)C)C(C)(C)c1ccccc1. The summed E-state index contributed by atoms with van der Waals surface area (Å²) in [5.74, 6) is 0. The van der Waals surface area contributed by atoms with Crippen LogP contribution >= 0.6 is 0 Å². The van der Waals surface area contributed by atoms with Crippen molar-refractivity contribution >= 4 is 0 Å². The molecule has 0 saturated carbocycles. The molecule has 19 heavy (non-hydrogen) atoms. The van der Waals surface area contributed by atoms with Gasteiger partial charge in [-0.05, 0) is 32.4 Å². The second-order valence-electron chi connectivity index (χ2n) is 5.98. The molecule has 0 aliphatic heterocycles. The Bertz CT molecular complexity index is 346. The third-order valence-electron chi connectivity index (χ3n) is 3.63. The van der Waals surface area contributed by atoms with Crippen LogP contribution in [0.25, 0.3) is 0 Å². The topological polar surface area (TPSA) is 21.3 Å². The van der Waals surface area contributed by atoms with Crippen LogP contribution in [-0.4, -0.2) is 25.3 Å². The predicted molar refractivity (Wildman–Crippen MR) is 82.6 cm³/mol. The van der Waals surface area contributed by atoms with Gasteiger partial charge >= 0.3 is 0 Å². The minimum atomic E-state index is 0.0608. The van der Waals surface area contributed by atoms with Gasteiger partial charge < -0.3 is 10.1 Å². The van der Waals surface area contributed by atoms with Gasteiger partial charge in [0.2, 0.25) is 0 Å². The Morgan fingerprint density at radius 2 is 1.79 bits per heavy atom. The summed E-state index contributed by atoms with van der Waals surface area (Å²) >= 11 is 0. The van der Waals surface area contributed by atoms with Gasteiger partial charge in [0.15, 0.2) is 0 Å². The average Bonchev–Trinajstić information content (AvgIpc) is 2.39. The molecule has 2 heteroatoms. The van der Waals surface area contributed by atoms with Gasteiger partial charge in [-0.1, -0.05) is 51.1 Å². The van der Waals surface area contributed by atoms with Crippen molar-refractivity contribution in [1.82, 2.24) is 5.32 Å². The van der Waals surface area contributed by atoms with Gasteiger partial charge in [0.05, 0.1) is 12.7 Å². The van der Waals surface area contributed by atoms with Crippen LogP contribution in [0.3, 0.4) is 0 Å². The second-order valence-corrected chi connectivity index (χ2v) is 5.98. The van der Waals surface area contributed by atoms with E-state index in [0.29, 0.717) is 6.04 Å². The fourth-order valence-corrected chi connectivity index (χ4v) is 2.20. The third kappa shape index (κ3) is 4.96. The molecule has 1 aromatic rings. The van der Waals surface area contributed by atoms with Crippen molar-refractivity contribution < 1.29 is 4.74 Å². The van der Waals surface area contributed by atoms with Crippen molar-refractivity contribution in [2.24, 2.45) is 0 Å². The molecule has 0 bridgehead atoms. The first-order chi connectivity index (χ1) is 8.98. The van der Waals surface area contributed by atoms with E-state index in [4.69, 9.17) is 4.74 Å². The number of hydrogen-bond acceptors (Lipinski definition) is 2. The van der Waals surface area contributed by atoms with Crippen molar-refractivity contribution in [1.29, 1.82) is 0 Å². The van der Waals surface area contributed by atoms with Gasteiger partial charge in [-0.2, -0.15) is 0 Å². The monoisotopic (exact) mass is 263 g/mol. The Labute approximate surface area is 118 Å². The molecule has 1 aromatic carbocycles. The lowest BCUT2D eigenvalue weighted by Gasteiger charge is -2.36. The zero-order valence-corrected chi connectivity index (χ0v) is 13.1. The summed E-state index contributed by atoms with van der Waals surface area (Å²) in [4.78, 5) is 0. The fourth-order valence-electron chi connectivity index (χ4n) is 2.20. The molecule has 2 nitrogen and oxygen atoms in total. The van der Waals surface area contributed by atoms with Gasteiger partial charge in [-0.15, -0.1) is 0 Å². The van der Waals surface area contributed by atoms with Crippen molar-refractivity contribution in [3.05, 3.63) is 35.9 Å². The summed E-state index contributed by atoms with van der Waals surface area (Å²) in [6.07, 6.45) is 1.42. The molecule has 1 N–H and O–H groups in total. The summed E-state index contributed by atoms with van der Waals surface area (Å²) in [7, 11) is 0. The highest BCUT2D eigenvalue weighted by Crippen LogP contribution is 2.27. The lowest BCUT2D eigenvalue weighted by Crippen LogP contribution is -2.48. The smallest absolute Gasteiger partial charge is 0.0631 e. The maximum absolute atomic E-state index is 5.85. The zero-order valence-electron chi connectivity index (χ0n) is 13.1. The van der Waals surface area contributed by atoms with E-state index in [9.17, 15) is 0 Å². The normalized spacial score (nSPS) is 13.8. The molecular weight excluding hydrogens is 234 g/mol. The third-order valence-corrected chi connectivity index (χ3v) is 3.63. The maximum atomic E-state index is 5.85. The maximum Gasteiger partial charge on any atom is 0.0631 e. The molecule has 0 aliphatic rings. The molecule has 1 atom stereocenters. The van der Waals surface area contributed by atoms with E-state index in [2.05, 4.69) is 70.3 Å². The highest BCUT2D eigenvalue weighted by Gasteiger charge is 2.31. The molecule has 0 heterocycles. The standard InChI is InChI=1S/C17H29NO/c1-6-12-18-16(13-19-14(2)3)17(4,5)15-10-8-7-9-11-15/h7-11,14,16,18H,6,12-13H2,1-5H3. The van der Waals surface area contributed by atoms with E-state index in [1.165, 1.54) is 5.56 Å². The Balaban J connectivity index is 2.81. The lowest BCUT2D eigenvalue weighted by molar-refractivity contribution is 0.0461. The van der Waals surface area contributed by atoms with Crippen LogP contribution < -0.4 is 5.32 Å². The molecule has 0 saturated heterocycles. The highest BCUT2D eigenvalue weighted by atomic mass is 16.5. The van der Waals surface area contributed by atoms with Crippen LogP contribution in [0.4, 0.5) is 0 Å². The van der Waals surface area contributed by atoms with E-state index in [0.717, 1.165) is 19.6 Å². The average molecular weight is 263 g/mol. The minimum absolute atomic E-state index is 0.0608. The first-order valence-corrected chi connectivity index (χ1v) is 7.39. The molecule has 0 spiro atoms. The molecular formula is C17H29NO. The van der Waals surface area contributed by atoms with Gasteiger partial charge in [-0.25, -0.2) is 0 Å². The van der Waals surface area contributed by atoms with Crippen molar-refractivity contribution in [2.45, 2.75) is 58.6 Å². The van der Waals surface area contributed by atoms with E-state index < -0.39 is 0 Å². The van der Waals surface area contributed by atoms with Crippen molar-refractivity contribution in [3.63, 3.8) is 0 Å². The predicted octanol–water partition coefficient (Wildman–Crippen LogP) is 3.76. The summed E-state index contributed by atoms with van der Waals surface area (Å²) in [6.45, 7) is 12.7. The van der Waals surface area contributed by atoms with Gasteiger partial charge in [0.1, 0.15) is 0 Å². The molecule has 108 valence electrons. The van der Waals surface area contributed by atoms with Crippen LogP contribution in [-0.2, 0) is 10.2 Å². The van der Waals surface area contributed by atoms with Crippen LogP contribution in [0, 0.1) is 0 Å². The summed E-state index contributed by atoms with van der Waals surface area (Å²) < 4.78 is 5.85. The second kappa shape index (κ2) is 7.66. The molecule has 1 unspecified atom stereocenters.